The number of carbonyl (C=O) groups is 4. The van der Waals surface area contributed by atoms with Gasteiger partial charge in [0, 0.05) is 32.9 Å². The number of carbonyl (C=O) groups excluding carboxylic acids is 3. The summed E-state index contributed by atoms with van der Waals surface area (Å²) in [4.78, 5) is 53.4. The number of rotatable bonds is 15. The van der Waals surface area contributed by atoms with Gasteiger partial charge in [0.15, 0.2) is 0 Å². The quantitative estimate of drug-likeness (QED) is 0.203. The van der Waals surface area contributed by atoms with Crippen LogP contribution >= 0.6 is 0 Å². The lowest BCUT2D eigenvalue weighted by Gasteiger charge is -2.34. The van der Waals surface area contributed by atoms with Gasteiger partial charge in [-0.2, -0.15) is 0 Å². The maximum Gasteiger partial charge on any atom is 0.329 e. The molecular formula is C31H38N2O7. The molecule has 3 rings (SSSR count). The first kappa shape index (κ1) is 30.4. The molecule has 1 aliphatic heterocycles. The fourth-order valence-electron chi connectivity index (χ4n) is 4.78. The largest absolute Gasteiger partial charge is 0.494 e. The normalized spacial score (nSPS) is 15.2. The second-order valence-electron chi connectivity index (χ2n) is 9.80. The van der Waals surface area contributed by atoms with Crippen LogP contribution in [0.1, 0.15) is 50.2 Å². The lowest BCUT2D eigenvalue weighted by Crippen LogP contribution is -2.53. The average molecular weight is 551 g/mol. The Balaban J connectivity index is 1.84. The van der Waals surface area contributed by atoms with Crippen molar-refractivity contribution in [2.24, 2.45) is 0 Å². The van der Waals surface area contributed by atoms with E-state index in [-0.39, 0.29) is 37.8 Å². The molecule has 1 saturated heterocycles. The van der Waals surface area contributed by atoms with Gasteiger partial charge in [-0.15, -0.1) is 0 Å². The van der Waals surface area contributed by atoms with E-state index < -0.39 is 24.0 Å². The van der Waals surface area contributed by atoms with Crippen molar-refractivity contribution in [3.63, 3.8) is 0 Å². The van der Waals surface area contributed by atoms with Gasteiger partial charge in [-0.05, 0) is 48.9 Å². The van der Waals surface area contributed by atoms with Crippen molar-refractivity contribution < 1.29 is 33.8 Å². The van der Waals surface area contributed by atoms with Crippen LogP contribution in [0.15, 0.2) is 67.3 Å². The number of hydrogen-bond donors (Lipinski definition) is 1. The van der Waals surface area contributed by atoms with Crippen molar-refractivity contribution in [1.82, 2.24) is 9.80 Å². The summed E-state index contributed by atoms with van der Waals surface area (Å²) < 4.78 is 11.2. The summed E-state index contributed by atoms with van der Waals surface area (Å²) in [5.41, 5.74) is 1.66. The molecule has 9 nitrogen and oxygen atoms in total. The highest BCUT2D eigenvalue weighted by Crippen LogP contribution is 2.24. The molecule has 0 radical (unpaired) electrons. The number of nitrogens with zero attached hydrogens (tertiary/aromatic N) is 2. The summed E-state index contributed by atoms with van der Waals surface area (Å²) in [5, 5.41) is 8.76. The molecule has 9 heteroatoms. The number of unbranched alkanes of at least 4 members (excludes halogenated alkanes) is 1. The molecule has 214 valence electrons. The number of benzene rings is 2. The van der Waals surface area contributed by atoms with Gasteiger partial charge >= 0.3 is 11.9 Å². The molecule has 0 saturated carbocycles. The molecule has 2 aromatic rings. The minimum Gasteiger partial charge on any atom is -0.494 e. The summed E-state index contributed by atoms with van der Waals surface area (Å²) >= 11 is 0. The molecule has 2 amide bonds. The number of likely N-dealkylation sites (tertiary alicyclic amines) is 1. The van der Waals surface area contributed by atoms with Crippen molar-refractivity contribution in [3.8, 4) is 5.75 Å². The maximum absolute atomic E-state index is 14.0. The standard InChI is InChI=1S/C31H38N2O7/c1-3-19-40-31(38)28(21-24-10-5-4-6-11-24)33(30(37)27-12-9-18-32(27)23(2)34)22-25-14-16-26(17-15-25)39-20-8-7-13-29(35)36/h3-6,10-11,14-17,27-28H,1,7-9,12-13,18-22H2,2H3,(H,35,36)/t27-,28-/m0/s1. The van der Waals surface area contributed by atoms with Gasteiger partial charge in [-0.1, -0.05) is 55.1 Å². The molecule has 0 aromatic heterocycles. The zero-order valence-corrected chi connectivity index (χ0v) is 23.0. The number of amides is 2. The Labute approximate surface area is 235 Å². The van der Waals surface area contributed by atoms with Crippen molar-refractivity contribution in [2.75, 3.05) is 19.8 Å². The number of carboxylic acid groups (broad SMARTS) is 1. The van der Waals surface area contributed by atoms with E-state index in [2.05, 4.69) is 6.58 Å². The van der Waals surface area contributed by atoms with Gasteiger partial charge in [-0.3, -0.25) is 14.4 Å². The third-order valence-electron chi connectivity index (χ3n) is 6.82. The molecule has 1 aliphatic rings. The Bertz CT molecular complexity index is 1150. The van der Waals surface area contributed by atoms with Crippen molar-refractivity contribution in [1.29, 1.82) is 0 Å². The van der Waals surface area contributed by atoms with E-state index in [0.29, 0.717) is 44.6 Å². The van der Waals surface area contributed by atoms with Crippen LogP contribution in [0.3, 0.4) is 0 Å². The van der Waals surface area contributed by atoms with Crippen LogP contribution in [0.5, 0.6) is 5.75 Å². The van der Waals surface area contributed by atoms with Crippen LogP contribution in [0.25, 0.3) is 0 Å². The zero-order valence-electron chi connectivity index (χ0n) is 23.0. The van der Waals surface area contributed by atoms with Crippen LogP contribution in [-0.4, -0.2) is 70.5 Å². The predicted molar refractivity (Wildman–Crippen MR) is 149 cm³/mol. The molecule has 1 heterocycles. The fourth-order valence-corrected chi connectivity index (χ4v) is 4.78. The summed E-state index contributed by atoms with van der Waals surface area (Å²) in [6.45, 7) is 6.14. The van der Waals surface area contributed by atoms with E-state index in [9.17, 15) is 19.2 Å². The highest BCUT2D eigenvalue weighted by atomic mass is 16.5. The minimum atomic E-state index is -0.908. The molecule has 1 fully saturated rings. The Hall–Kier alpha value is -4.14. The van der Waals surface area contributed by atoms with E-state index in [4.69, 9.17) is 14.6 Å². The van der Waals surface area contributed by atoms with Crippen LogP contribution in [0, 0.1) is 0 Å². The van der Waals surface area contributed by atoms with Crippen LogP contribution in [0.2, 0.25) is 0 Å². The second kappa shape index (κ2) is 15.5. The maximum atomic E-state index is 14.0. The van der Waals surface area contributed by atoms with Gasteiger partial charge < -0.3 is 24.4 Å². The molecule has 0 unspecified atom stereocenters. The second-order valence-corrected chi connectivity index (χ2v) is 9.80. The van der Waals surface area contributed by atoms with Crippen molar-refractivity contribution >= 4 is 23.8 Å². The SMILES string of the molecule is C=CCOC(=O)[C@H](Cc1ccccc1)N(Cc1ccc(OCCCCC(=O)O)cc1)C(=O)[C@@H]1CCCN1C(C)=O. The van der Waals surface area contributed by atoms with E-state index in [1.54, 1.807) is 17.0 Å². The Morgan fingerprint density at radius 1 is 1.07 bits per heavy atom. The first-order valence-corrected chi connectivity index (χ1v) is 13.6. The lowest BCUT2D eigenvalue weighted by molar-refractivity contribution is -0.157. The Morgan fingerprint density at radius 2 is 1.80 bits per heavy atom. The topological polar surface area (TPSA) is 113 Å². The third kappa shape index (κ3) is 8.97. The zero-order chi connectivity index (χ0) is 28.9. The third-order valence-corrected chi connectivity index (χ3v) is 6.82. The summed E-state index contributed by atoms with van der Waals surface area (Å²) in [6, 6.07) is 15.1. The van der Waals surface area contributed by atoms with Crippen molar-refractivity contribution in [2.45, 2.75) is 64.1 Å². The first-order valence-electron chi connectivity index (χ1n) is 13.6. The molecule has 1 N–H and O–H groups in total. The molecular weight excluding hydrogens is 512 g/mol. The number of carboxylic acids is 1. The highest BCUT2D eigenvalue weighted by Gasteiger charge is 2.40. The van der Waals surface area contributed by atoms with Gasteiger partial charge in [0.2, 0.25) is 11.8 Å². The molecule has 0 spiro atoms. The monoisotopic (exact) mass is 550 g/mol. The Morgan fingerprint density at radius 3 is 2.45 bits per heavy atom. The van der Waals surface area contributed by atoms with Gasteiger partial charge in [0.25, 0.3) is 0 Å². The van der Waals surface area contributed by atoms with Gasteiger partial charge in [0.1, 0.15) is 24.4 Å². The summed E-state index contributed by atoms with van der Waals surface area (Å²) in [5.74, 6) is -1.20. The number of esters is 1. The molecule has 0 bridgehead atoms. The smallest absolute Gasteiger partial charge is 0.329 e. The van der Waals surface area contributed by atoms with Gasteiger partial charge in [-0.25, -0.2) is 4.79 Å². The highest BCUT2D eigenvalue weighted by molar-refractivity contribution is 5.91. The van der Waals surface area contributed by atoms with Gasteiger partial charge in [0.05, 0.1) is 6.61 Å². The van der Waals surface area contributed by atoms with E-state index in [1.165, 1.54) is 17.9 Å². The Kier molecular flexibility index (Phi) is 11.7. The lowest BCUT2D eigenvalue weighted by atomic mass is 10.0. The molecule has 2 atom stereocenters. The van der Waals surface area contributed by atoms with Crippen molar-refractivity contribution in [3.05, 3.63) is 78.4 Å². The molecule has 0 aliphatic carbocycles. The van der Waals surface area contributed by atoms with Crippen LogP contribution in [-0.2, 0) is 36.9 Å². The van der Waals surface area contributed by atoms with E-state index in [0.717, 1.165) is 11.1 Å². The number of hydrogen-bond acceptors (Lipinski definition) is 6. The van der Waals surface area contributed by atoms with Crippen LogP contribution in [0.4, 0.5) is 0 Å². The number of aliphatic carboxylic acids is 1. The predicted octanol–water partition coefficient (Wildman–Crippen LogP) is 4.00. The summed E-state index contributed by atoms with van der Waals surface area (Å²) in [6.07, 6.45) is 4.25. The minimum absolute atomic E-state index is 0.0215. The summed E-state index contributed by atoms with van der Waals surface area (Å²) in [7, 11) is 0. The molecule has 40 heavy (non-hydrogen) atoms. The first-order chi connectivity index (χ1) is 19.3. The van der Waals surface area contributed by atoms with Crippen LogP contribution < -0.4 is 4.74 Å². The van der Waals surface area contributed by atoms with E-state index in [1.807, 2.05) is 42.5 Å². The van der Waals surface area contributed by atoms with E-state index >= 15 is 0 Å². The molecule has 2 aromatic carbocycles. The average Bonchev–Trinajstić information content (AvgIpc) is 3.45. The number of ether oxygens (including phenoxy) is 2. The fraction of sp³-hybridized carbons (Fsp3) is 0.419.